The van der Waals surface area contributed by atoms with Gasteiger partial charge in [-0.3, -0.25) is 4.79 Å². The average molecular weight is 332 g/mol. The molecular formula is C20H28O4. The fourth-order valence-electron chi connectivity index (χ4n) is 2.57. The number of hydrogen-bond donors (Lipinski definition) is 0. The van der Waals surface area contributed by atoms with Gasteiger partial charge in [0.15, 0.2) is 6.29 Å². The average Bonchev–Trinajstić information content (AvgIpc) is 2.61. The number of hydrogen-bond acceptors (Lipinski definition) is 4. The Morgan fingerprint density at radius 2 is 1.92 bits per heavy atom. The smallest absolute Gasteiger partial charge is 0.305 e. The van der Waals surface area contributed by atoms with Crippen molar-refractivity contribution in [2.75, 3.05) is 19.8 Å². The van der Waals surface area contributed by atoms with E-state index >= 15 is 0 Å². The Bertz CT molecular complexity index is 475. The molecule has 4 heteroatoms. The van der Waals surface area contributed by atoms with E-state index in [0.717, 1.165) is 31.2 Å². The Morgan fingerprint density at radius 1 is 1.21 bits per heavy atom. The molecule has 1 aromatic carbocycles. The summed E-state index contributed by atoms with van der Waals surface area (Å²) in [7, 11) is 0. The van der Waals surface area contributed by atoms with Crippen molar-refractivity contribution in [2.45, 2.75) is 45.3 Å². The molecule has 0 saturated carbocycles. The lowest BCUT2D eigenvalue weighted by molar-refractivity contribution is -0.212. The molecule has 0 bridgehead atoms. The van der Waals surface area contributed by atoms with Gasteiger partial charge in [-0.2, -0.15) is 0 Å². The van der Waals surface area contributed by atoms with E-state index < -0.39 is 0 Å². The van der Waals surface area contributed by atoms with Gasteiger partial charge in [0.05, 0.1) is 19.8 Å². The van der Waals surface area contributed by atoms with Crippen LogP contribution in [0.3, 0.4) is 0 Å². The zero-order valence-electron chi connectivity index (χ0n) is 14.5. The molecule has 1 aliphatic heterocycles. The molecule has 0 aliphatic carbocycles. The van der Waals surface area contributed by atoms with Gasteiger partial charge in [0.25, 0.3) is 0 Å². The molecule has 132 valence electrons. The fourth-order valence-corrected chi connectivity index (χ4v) is 2.57. The second-order valence-corrected chi connectivity index (χ2v) is 6.35. The van der Waals surface area contributed by atoms with Crippen molar-refractivity contribution >= 4 is 5.97 Å². The predicted molar refractivity (Wildman–Crippen MR) is 93.0 cm³/mol. The van der Waals surface area contributed by atoms with E-state index in [2.05, 4.69) is 13.8 Å². The number of unbranched alkanes of at least 4 members (excludes halogenated alkanes) is 4. The summed E-state index contributed by atoms with van der Waals surface area (Å²) in [5.41, 5.74) is 2.24. The zero-order chi connectivity index (χ0) is 17.2. The van der Waals surface area contributed by atoms with E-state index in [9.17, 15) is 4.79 Å². The number of ether oxygens (including phenoxy) is 3. The van der Waals surface area contributed by atoms with Crippen molar-refractivity contribution in [3.05, 3.63) is 48.7 Å². The monoisotopic (exact) mass is 332 g/mol. The maximum Gasteiger partial charge on any atom is 0.305 e. The summed E-state index contributed by atoms with van der Waals surface area (Å²) in [5, 5.41) is 0. The molecule has 0 aromatic heterocycles. The third-order valence-electron chi connectivity index (χ3n) is 4.09. The van der Waals surface area contributed by atoms with E-state index in [-0.39, 0.29) is 18.2 Å². The van der Waals surface area contributed by atoms with Crippen LogP contribution in [-0.2, 0) is 19.0 Å². The third-order valence-corrected chi connectivity index (χ3v) is 4.09. The molecule has 2 rings (SSSR count). The fraction of sp³-hybridized carbons (Fsp3) is 0.550. The normalized spacial score (nSPS) is 20.7. The number of benzene rings is 1. The maximum absolute atomic E-state index is 11.7. The van der Waals surface area contributed by atoms with Crippen LogP contribution in [0, 0.1) is 26.2 Å². The van der Waals surface area contributed by atoms with E-state index in [4.69, 9.17) is 14.2 Å². The first-order chi connectivity index (χ1) is 11.7. The highest BCUT2D eigenvalue weighted by Gasteiger charge is 2.24. The zero-order valence-corrected chi connectivity index (χ0v) is 14.5. The molecule has 0 unspecified atom stereocenters. The number of carbonyl (C=O) groups is 1. The quantitative estimate of drug-likeness (QED) is 0.386. The van der Waals surface area contributed by atoms with E-state index in [1.54, 1.807) is 0 Å². The van der Waals surface area contributed by atoms with Crippen molar-refractivity contribution < 1.29 is 19.0 Å². The second-order valence-electron chi connectivity index (χ2n) is 6.35. The minimum atomic E-state index is -0.317. The highest BCUT2D eigenvalue weighted by atomic mass is 16.7. The molecule has 1 aromatic rings. The third kappa shape index (κ3) is 6.54. The molecule has 0 amide bonds. The highest BCUT2D eigenvalue weighted by Crippen LogP contribution is 2.25. The molecule has 4 nitrogen and oxygen atoms in total. The first-order valence-electron chi connectivity index (χ1n) is 8.75. The van der Waals surface area contributed by atoms with Crippen LogP contribution in [0.2, 0.25) is 0 Å². The lowest BCUT2D eigenvalue weighted by Crippen LogP contribution is -2.31. The summed E-state index contributed by atoms with van der Waals surface area (Å²) < 4.78 is 16.8. The Balaban J connectivity index is 1.59. The standard InChI is InChI=1S/C20H28O4/c1-3-4-5-6-7-8-19(21)22-13-17-14-23-20(24-15-17)18-11-9-16(2)10-12-18/h3,9-12,17,20H,1,4-8,13-15H2,2H3. The van der Waals surface area contributed by atoms with Crippen LogP contribution in [0.15, 0.2) is 24.3 Å². The lowest BCUT2D eigenvalue weighted by Gasteiger charge is -2.29. The summed E-state index contributed by atoms with van der Waals surface area (Å²) in [4.78, 5) is 11.7. The molecule has 0 atom stereocenters. The van der Waals surface area contributed by atoms with Gasteiger partial charge in [-0.05, 0) is 13.3 Å². The molecule has 24 heavy (non-hydrogen) atoms. The van der Waals surface area contributed by atoms with E-state index in [1.807, 2.05) is 30.7 Å². The predicted octanol–water partition coefficient (Wildman–Crippen LogP) is 4.19. The van der Waals surface area contributed by atoms with Gasteiger partial charge in [-0.1, -0.05) is 49.6 Å². The SMILES string of the molecule is [CH2+][CH-]CCCCCC(=O)OCC1COC(c2ccc(C)cc2)OC1. The van der Waals surface area contributed by atoms with Gasteiger partial charge >= 0.3 is 5.97 Å². The number of esters is 1. The minimum Gasteiger partial charge on any atom is -0.465 e. The van der Waals surface area contributed by atoms with Crippen molar-refractivity contribution in [1.82, 2.24) is 0 Å². The topological polar surface area (TPSA) is 44.8 Å². The Hall–Kier alpha value is -1.52. The van der Waals surface area contributed by atoms with E-state index in [1.165, 1.54) is 5.56 Å². The largest absolute Gasteiger partial charge is 0.465 e. The highest BCUT2D eigenvalue weighted by molar-refractivity contribution is 5.69. The molecule has 0 spiro atoms. The molecule has 1 heterocycles. The van der Waals surface area contributed by atoms with Gasteiger partial charge < -0.3 is 14.2 Å². The summed E-state index contributed by atoms with van der Waals surface area (Å²) in [6.45, 7) is 7.20. The maximum atomic E-state index is 11.7. The first-order valence-corrected chi connectivity index (χ1v) is 8.75. The first kappa shape index (κ1) is 18.8. The van der Waals surface area contributed by atoms with Crippen LogP contribution in [0.5, 0.6) is 0 Å². The van der Waals surface area contributed by atoms with Crippen LogP contribution >= 0.6 is 0 Å². The Labute approximate surface area is 145 Å². The summed E-state index contributed by atoms with van der Waals surface area (Å²) in [5.74, 6) is -0.0225. The summed E-state index contributed by atoms with van der Waals surface area (Å²) >= 11 is 0. The van der Waals surface area contributed by atoms with Crippen LogP contribution in [-0.4, -0.2) is 25.8 Å². The van der Waals surface area contributed by atoms with Crippen molar-refractivity contribution in [2.24, 2.45) is 5.92 Å². The van der Waals surface area contributed by atoms with Crippen LogP contribution in [0.25, 0.3) is 0 Å². The van der Waals surface area contributed by atoms with Crippen LogP contribution in [0.4, 0.5) is 0 Å². The van der Waals surface area contributed by atoms with Crippen LogP contribution in [0.1, 0.15) is 49.5 Å². The number of rotatable bonds is 9. The summed E-state index contributed by atoms with van der Waals surface area (Å²) in [6, 6.07) is 8.13. The molecule has 1 saturated heterocycles. The van der Waals surface area contributed by atoms with Crippen molar-refractivity contribution in [3.8, 4) is 0 Å². The van der Waals surface area contributed by atoms with Gasteiger partial charge in [0.1, 0.15) is 0 Å². The van der Waals surface area contributed by atoms with Crippen molar-refractivity contribution in [3.63, 3.8) is 0 Å². The number of carbonyl (C=O) groups excluding carboxylic acids is 1. The lowest BCUT2D eigenvalue weighted by atomic mass is 10.1. The van der Waals surface area contributed by atoms with Gasteiger partial charge in [-0.15, -0.1) is 12.8 Å². The van der Waals surface area contributed by atoms with Gasteiger partial charge in [-0.25, -0.2) is 0 Å². The molecule has 1 aliphatic rings. The second kappa shape index (κ2) is 10.4. The molecule has 0 radical (unpaired) electrons. The van der Waals surface area contributed by atoms with Gasteiger partial charge in [0.2, 0.25) is 0 Å². The van der Waals surface area contributed by atoms with Crippen LogP contribution < -0.4 is 0 Å². The molecule has 0 N–H and O–H groups in total. The molecule has 1 fully saturated rings. The Morgan fingerprint density at radius 3 is 2.58 bits per heavy atom. The minimum absolute atomic E-state index is 0.108. The number of aryl methyl sites for hydroxylation is 1. The van der Waals surface area contributed by atoms with Gasteiger partial charge in [0, 0.05) is 17.9 Å². The Kier molecular flexibility index (Phi) is 8.13. The van der Waals surface area contributed by atoms with E-state index in [0.29, 0.717) is 26.2 Å². The summed E-state index contributed by atoms with van der Waals surface area (Å²) in [6.07, 6.45) is 6.08. The molecular weight excluding hydrogens is 304 g/mol. The van der Waals surface area contributed by atoms with Crippen molar-refractivity contribution in [1.29, 1.82) is 0 Å².